The molecule has 166 valence electrons. The van der Waals surface area contributed by atoms with Crippen molar-refractivity contribution in [3.8, 4) is 11.1 Å². The van der Waals surface area contributed by atoms with Gasteiger partial charge in [-0.25, -0.2) is 9.48 Å². The molecule has 1 heterocycles. The maximum absolute atomic E-state index is 12.6. The van der Waals surface area contributed by atoms with Crippen LogP contribution in [0.5, 0.6) is 0 Å². The lowest BCUT2D eigenvalue weighted by atomic mass is 9.98. The summed E-state index contributed by atoms with van der Waals surface area (Å²) in [4.78, 5) is 36.9. The first kappa shape index (κ1) is 23.5. The van der Waals surface area contributed by atoms with Crippen LogP contribution in [0.15, 0.2) is 53.5 Å². The summed E-state index contributed by atoms with van der Waals surface area (Å²) in [6.07, 6.45) is 2.36. The lowest BCUT2D eigenvalue weighted by Gasteiger charge is -2.16. The molecule has 3 rings (SSSR count). The third-order valence-corrected chi connectivity index (χ3v) is 5.70. The van der Waals surface area contributed by atoms with Gasteiger partial charge in [-0.05, 0) is 35.2 Å². The summed E-state index contributed by atoms with van der Waals surface area (Å²) in [5.74, 6) is -1.86. The van der Waals surface area contributed by atoms with Gasteiger partial charge in [0, 0.05) is 13.5 Å². The second-order valence-electron chi connectivity index (χ2n) is 7.19. The molecular formula is C23H21Cl2N3O4. The third-order valence-electron chi connectivity index (χ3n) is 5.07. The first-order chi connectivity index (χ1) is 15.2. The molecule has 1 unspecified atom stereocenters. The molecule has 3 aromatic rings. The molecule has 0 saturated carbocycles. The molecule has 1 aromatic heterocycles. The zero-order chi connectivity index (χ0) is 23.4. The van der Waals surface area contributed by atoms with Crippen molar-refractivity contribution in [2.45, 2.75) is 25.8 Å². The minimum atomic E-state index is -1.19. The van der Waals surface area contributed by atoms with Crippen LogP contribution in [0.2, 0.25) is 10.0 Å². The van der Waals surface area contributed by atoms with Crippen molar-refractivity contribution in [2.24, 2.45) is 7.05 Å². The number of amides is 1. The Bertz CT molecular complexity index is 1200. The molecule has 0 radical (unpaired) electrons. The molecule has 0 aliphatic rings. The summed E-state index contributed by atoms with van der Waals surface area (Å²) in [6, 6.07) is 10.4. The molecule has 0 fully saturated rings. The average Bonchev–Trinajstić information content (AvgIpc) is 2.75. The van der Waals surface area contributed by atoms with E-state index in [0.717, 1.165) is 5.56 Å². The number of carboxylic acid groups (broad SMARTS) is 1. The van der Waals surface area contributed by atoms with Crippen molar-refractivity contribution in [1.29, 1.82) is 0 Å². The molecule has 1 amide bonds. The van der Waals surface area contributed by atoms with Crippen LogP contribution >= 0.6 is 23.2 Å². The van der Waals surface area contributed by atoms with Crippen LogP contribution in [0.25, 0.3) is 11.1 Å². The predicted molar refractivity (Wildman–Crippen MR) is 123 cm³/mol. The van der Waals surface area contributed by atoms with E-state index in [1.54, 1.807) is 43.6 Å². The van der Waals surface area contributed by atoms with E-state index < -0.39 is 17.9 Å². The van der Waals surface area contributed by atoms with E-state index in [2.05, 4.69) is 10.4 Å². The number of nitrogens with one attached hydrogen (secondary N) is 1. The normalized spacial score (nSPS) is 11.8. The Kier molecular flexibility index (Phi) is 7.33. The van der Waals surface area contributed by atoms with E-state index in [9.17, 15) is 19.5 Å². The minimum Gasteiger partial charge on any atom is -0.480 e. The number of aliphatic carboxylic acids is 1. The molecule has 0 saturated heterocycles. The quantitative estimate of drug-likeness (QED) is 0.544. The highest BCUT2D eigenvalue weighted by molar-refractivity contribution is 6.39. The highest BCUT2D eigenvalue weighted by Gasteiger charge is 2.24. The Morgan fingerprint density at radius 2 is 1.75 bits per heavy atom. The first-order valence-corrected chi connectivity index (χ1v) is 10.6. The number of hydrogen-bond donors (Lipinski definition) is 2. The van der Waals surface area contributed by atoms with Crippen molar-refractivity contribution in [3.05, 3.63) is 85.8 Å². The molecule has 32 heavy (non-hydrogen) atoms. The number of aryl methyl sites for hydroxylation is 2. The van der Waals surface area contributed by atoms with Gasteiger partial charge in [0.05, 0.1) is 27.4 Å². The smallest absolute Gasteiger partial charge is 0.326 e. The molecule has 0 aliphatic heterocycles. The van der Waals surface area contributed by atoms with Crippen molar-refractivity contribution in [2.75, 3.05) is 0 Å². The zero-order valence-electron chi connectivity index (χ0n) is 17.4. The molecule has 9 heteroatoms. The lowest BCUT2D eigenvalue weighted by molar-refractivity contribution is -0.139. The fourth-order valence-corrected chi connectivity index (χ4v) is 3.91. The number of hydrogen-bond acceptors (Lipinski definition) is 4. The van der Waals surface area contributed by atoms with Crippen LogP contribution in [0, 0.1) is 0 Å². The second-order valence-corrected chi connectivity index (χ2v) is 8.00. The summed E-state index contributed by atoms with van der Waals surface area (Å²) in [5, 5.41) is 16.4. The van der Waals surface area contributed by atoms with Gasteiger partial charge in [-0.3, -0.25) is 9.59 Å². The van der Waals surface area contributed by atoms with Crippen molar-refractivity contribution >= 4 is 35.1 Å². The Balaban J connectivity index is 1.83. The van der Waals surface area contributed by atoms with Crippen molar-refractivity contribution in [3.63, 3.8) is 0 Å². The highest BCUT2D eigenvalue weighted by atomic mass is 35.5. The molecular weight excluding hydrogens is 453 g/mol. The van der Waals surface area contributed by atoms with Gasteiger partial charge in [0.15, 0.2) is 0 Å². The van der Waals surface area contributed by atoms with Gasteiger partial charge in [0.1, 0.15) is 6.04 Å². The van der Waals surface area contributed by atoms with Crippen LogP contribution in [0.4, 0.5) is 0 Å². The largest absolute Gasteiger partial charge is 0.480 e. The van der Waals surface area contributed by atoms with E-state index in [1.807, 2.05) is 6.92 Å². The predicted octanol–water partition coefficient (Wildman–Crippen LogP) is 3.74. The summed E-state index contributed by atoms with van der Waals surface area (Å²) in [7, 11) is 1.59. The standard InChI is InChI=1S/C23H21Cl2N3O4/c1-3-14-12-26-28(2)22(30)19(14)15-9-7-13(8-10-15)11-18(23(31)32)27-21(29)20-16(24)5-4-6-17(20)25/h4-10,12,18H,3,11H2,1-2H3,(H,27,29)(H,31,32). The van der Waals surface area contributed by atoms with Gasteiger partial charge in [-0.15, -0.1) is 0 Å². The Morgan fingerprint density at radius 3 is 2.31 bits per heavy atom. The molecule has 7 nitrogen and oxygen atoms in total. The van der Waals surface area contributed by atoms with Crippen LogP contribution in [0.1, 0.15) is 28.4 Å². The summed E-state index contributed by atoms with van der Waals surface area (Å²) >= 11 is 12.1. The third kappa shape index (κ3) is 5.00. The Labute approximate surface area is 194 Å². The number of carbonyl (C=O) groups is 2. The maximum atomic E-state index is 12.6. The fraction of sp³-hybridized carbons (Fsp3) is 0.217. The van der Waals surface area contributed by atoms with E-state index >= 15 is 0 Å². The van der Waals surface area contributed by atoms with Gasteiger partial charge < -0.3 is 10.4 Å². The van der Waals surface area contributed by atoms with Crippen molar-refractivity contribution in [1.82, 2.24) is 15.1 Å². The van der Waals surface area contributed by atoms with Crippen LogP contribution in [0.3, 0.4) is 0 Å². The van der Waals surface area contributed by atoms with Gasteiger partial charge in [0.2, 0.25) is 0 Å². The van der Waals surface area contributed by atoms with Crippen LogP contribution in [-0.4, -0.2) is 32.8 Å². The lowest BCUT2D eigenvalue weighted by Crippen LogP contribution is -2.42. The Hall–Kier alpha value is -3.16. The monoisotopic (exact) mass is 473 g/mol. The molecule has 2 N–H and O–H groups in total. The van der Waals surface area contributed by atoms with Gasteiger partial charge in [-0.2, -0.15) is 5.10 Å². The molecule has 0 spiro atoms. The van der Waals surface area contributed by atoms with Gasteiger partial charge in [0.25, 0.3) is 11.5 Å². The number of benzene rings is 2. The summed E-state index contributed by atoms with van der Waals surface area (Å²) in [5.41, 5.74) is 2.60. The number of nitrogens with zero attached hydrogens (tertiary/aromatic N) is 2. The summed E-state index contributed by atoms with van der Waals surface area (Å²) < 4.78 is 1.28. The number of carboxylic acids is 1. The number of halogens is 2. The van der Waals surface area contributed by atoms with Crippen LogP contribution < -0.4 is 10.9 Å². The molecule has 1 atom stereocenters. The van der Waals surface area contributed by atoms with E-state index in [-0.39, 0.29) is 27.6 Å². The van der Waals surface area contributed by atoms with E-state index in [1.165, 1.54) is 16.8 Å². The Morgan fingerprint density at radius 1 is 1.12 bits per heavy atom. The average molecular weight is 474 g/mol. The van der Waals surface area contributed by atoms with Gasteiger partial charge >= 0.3 is 5.97 Å². The van der Waals surface area contributed by atoms with Gasteiger partial charge in [-0.1, -0.05) is 60.5 Å². The number of rotatable bonds is 7. The zero-order valence-corrected chi connectivity index (χ0v) is 18.9. The number of aromatic nitrogens is 2. The fourth-order valence-electron chi connectivity index (χ4n) is 3.34. The van der Waals surface area contributed by atoms with Crippen molar-refractivity contribution < 1.29 is 14.7 Å². The maximum Gasteiger partial charge on any atom is 0.326 e. The molecule has 0 bridgehead atoms. The number of carbonyl (C=O) groups excluding carboxylic acids is 1. The van der Waals surface area contributed by atoms with Crippen LogP contribution in [-0.2, 0) is 24.7 Å². The first-order valence-electron chi connectivity index (χ1n) is 9.85. The minimum absolute atomic E-state index is 0.0260. The van der Waals surface area contributed by atoms with E-state index in [4.69, 9.17) is 23.2 Å². The topological polar surface area (TPSA) is 101 Å². The SMILES string of the molecule is CCc1cnn(C)c(=O)c1-c1ccc(CC(NC(=O)c2c(Cl)cccc2Cl)C(=O)O)cc1. The second kappa shape index (κ2) is 9.97. The molecule has 0 aliphatic carbocycles. The highest BCUT2D eigenvalue weighted by Crippen LogP contribution is 2.25. The van der Waals surface area contributed by atoms with E-state index in [0.29, 0.717) is 23.1 Å². The molecule has 2 aromatic carbocycles. The summed E-state index contributed by atoms with van der Waals surface area (Å²) in [6.45, 7) is 1.94.